The maximum Gasteiger partial charge on any atom is 0.513 e. The Morgan fingerprint density at radius 1 is 1.22 bits per heavy atom. The number of aryl methyl sites for hydroxylation is 1. The van der Waals surface area contributed by atoms with E-state index in [1.165, 1.54) is 4.68 Å². The van der Waals surface area contributed by atoms with E-state index in [9.17, 15) is 10.1 Å². The van der Waals surface area contributed by atoms with Crippen LogP contribution in [0.3, 0.4) is 0 Å². The molecule has 2 rings (SSSR count). The summed E-state index contributed by atoms with van der Waals surface area (Å²) in [4.78, 5) is 11.8. The lowest BCUT2D eigenvalue weighted by molar-refractivity contribution is 0.112. The minimum atomic E-state index is -1.000. The maximum atomic E-state index is 11.8. The van der Waals surface area contributed by atoms with E-state index in [2.05, 4.69) is 36.7 Å². The molecule has 0 spiro atoms. The normalized spacial score (nSPS) is 12.2. The second-order valence-electron chi connectivity index (χ2n) is 6.78. The molecule has 6 nitrogen and oxygen atoms in total. The molecule has 0 N–H and O–H groups in total. The molecule has 8 heteroatoms. The first-order chi connectivity index (χ1) is 12.6. The smallest absolute Gasteiger partial charge is 0.437 e. The van der Waals surface area contributed by atoms with Gasteiger partial charge in [0.1, 0.15) is 16.8 Å². The SMILES string of the molecule is COC(=O)OC(=C(C#N)c1ccc(C(C)(C)C)cc1)c1c(Cl)nn(C)c1Cl. The molecule has 0 aliphatic rings. The summed E-state index contributed by atoms with van der Waals surface area (Å²) in [6.45, 7) is 6.26. The predicted octanol–water partition coefficient (Wildman–Crippen LogP) is 5.20. The van der Waals surface area contributed by atoms with Crippen molar-refractivity contribution in [3.63, 3.8) is 0 Å². The molecular weight excluding hydrogens is 389 g/mol. The van der Waals surface area contributed by atoms with Crippen LogP contribution in [0.15, 0.2) is 24.3 Å². The maximum absolute atomic E-state index is 11.8. The highest BCUT2D eigenvalue weighted by Crippen LogP contribution is 2.36. The van der Waals surface area contributed by atoms with Gasteiger partial charge in [-0.2, -0.15) is 10.4 Å². The minimum Gasteiger partial charge on any atom is -0.437 e. The molecule has 1 aromatic heterocycles. The predicted molar refractivity (Wildman–Crippen MR) is 104 cm³/mol. The number of rotatable bonds is 3. The first kappa shape index (κ1) is 20.8. The first-order valence-electron chi connectivity index (χ1n) is 7.99. The van der Waals surface area contributed by atoms with Gasteiger partial charge in [0.15, 0.2) is 10.9 Å². The number of hydrogen-bond acceptors (Lipinski definition) is 5. The van der Waals surface area contributed by atoms with Crippen LogP contribution in [0, 0.1) is 11.3 Å². The average molecular weight is 408 g/mol. The fourth-order valence-electron chi connectivity index (χ4n) is 2.40. The van der Waals surface area contributed by atoms with Crippen LogP contribution in [0.2, 0.25) is 10.3 Å². The molecule has 0 aliphatic heterocycles. The van der Waals surface area contributed by atoms with Crippen LogP contribution in [0.25, 0.3) is 11.3 Å². The largest absolute Gasteiger partial charge is 0.513 e. The number of halogens is 2. The van der Waals surface area contributed by atoms with Gasteiger partial charge in [-0.25, -0.2) is 4.79 Å². The Bertz CT molecular complexity index is 933. The van der Waals surface area contributed by atoms with E-state index in [1.807, 2.05) is 12.1 Å². The van der Waals surface area contributed by atoms with Gasteiger partial charge in [0.25, 0.3) is 0 Å². The summed E-state index contributed by atoms with van der Waals surface area (Å²) >= 11 is 12.4. The number of aromatic nitrogens is 2. The summed E-state index contributed by atoms with van der Waals surface area (Å²) in [7, 11) is 2.74. The molecule has 0 atom stereocenters. The van der Waals surface area contributed by atoms with Gasteiger partial charge < -0.3 is 9.47 Å². The van der Waals surface area contributed by atoms with Gasteiger partial charge >= 0.3 is 6.16 Å². The van der Waals surface area contributed by atoms with Crippen LogP contribution in [-0.2, 0) is 21.9 Å². The molecule has 0 saturated heterocycles. The molecule has 0 aliphatic carbocycles. The van der Waals surface area contributed by atoms with Crippen LogP contribution in [0.1, 0.15) is 37.5 Å². The fraction of sp³-hybridized carbons (Fsp3) is 0.316. The van der Waals surface area contributed by atoms with Gasteiger partial charge in [0, 0.05) is 7.05 Å². The highest BCUT2D eigenvalue weighted by atomic mass is 35.5. The first-order valence-corrected chi connectivity index (χ1v) is 8.75. The van der Waals surface area contributed by atoms with Crippen molar-refractivity contribution in [1.29, 1.82) is 5.26 Å². The number of hydrogen-bond donors (Lipinski definition) is 0. The van der Waals surface area contributed by atoms with Crippen molar-refractivity contribution >= 4 is 40.7 Å². The fourth-order valence-corrected chi connectivity index (χ4v) is 2.95. The quantitative estimate of drug-likeness (QED) is 0.396. The molecule has 0 saturated carbocycles. The molecule has 0 unspecified atom stereocenters. The Kier molecular flexibility index (Phi) is 6.19. The Morgan fingerprint density at radius 3 is 2.22 bits per heavy atom. The second-order valence-corrected chi connectivity index (χ2v) is 7.50. The van der Waals surface area contributed by atoms with E-state index in [-0.39, 0.29) is 32.6 Å². The molecule has 0 fully saturated rings. The summed E-state index contributed by atoms with van der Waals surface area (Å²) in [5.74, 6) is -0.115. The molecule has 0 bridgehead atoms. The molecule has 2 aromatic rings. The molecule has 0 amide bonds. The number of allylic oxidation sites excluding steroid dienone is 1. The zero-order valence-corrected chi connectivity index (χ0v) is 17.1. The molecule has 27 heavy (non-hydrogen) atoms. The van der Waals surface area contributed by atoms with E-state index in [1.54, 1.807) is 19.2 Å². The van der Waals surface area contributed by atoms with Gasteiger partial charge in [-0.3, -0.25) is 4.68 Å². The summed E-state index contributed by atoms with van der Waals surface area (Å²) in [5.41, 5.74) is 1.81. The zero-order valence-electron chi connectivity index (χ0n) is 15.6. The number of ether oxygens (including phenoxy) is 2. The number of carbonyl (C=O) groups is 1. The Labute approximate surface area is 167 Å². The van der Waals surface area contributed by atoms with Gasteiger partial charge in [-0.15, -0.1) is 0 Å². The van der Waals surface area contributed by atoms with Crippen molar-refractivity contribution < 1.29 is 14.3 Å². The number of nitrogens with zero attached hydrogens (tertiary/aromatic N) is 3. The third kappa shape index (κ3) is 4.44. The van der Waals surface area contributed by atoms with Crippen molar-refractivity contribution in [2.24, 2.45) is 7.05 Å². The lowest BCUT2D eigenvalue weighted by Gasteiger charge is -2.19. The zero-order chi connectivity index (χ0) is 20.4. The monoisotopic (exact) mass is 407 g/mol. The van der Waals surface area contributed by atoms with E-state index in [0.29, 0.717) is 5.56 Å². The number of methoxy groups -OCH3 is 1. The third-order valence-corrected chi connectivity index (χ3v) is 4.59. The topological polar surface area (TPSA) is 77.1 Å². The standard InChI is InChI=1S/C19H19Cl2N3O3/c1-19(2,3)12-8-6-11(7-9-12)13(10-22)15(27-18(25)26-5)14-16(20)23-24(4)17(14)21/h6-9H,1-5H3. The Morgan fingerprint density at radius 2 is 1.81 bits per heavy atom. The lowest BCUT2D eigenvalue weighted by Crippen LogP contribution is -2.10. The number of carbonyl (C=O) groups excluding carboxylic acids is 1. The van der Waals surface area contributed by atoms with Crippen molar-refractivity contribution in [3.05, 3.63) is 51.3 Å². The van der Waals surface area contributed by atoms with Crippen LogP contribution < -0.4 is 0 Å². The minimum absolute atomic E-state index is 0.000430. The third-order valence-electron chi connectivity index (χ3n) is 3.89. The molecule has 142 valence electrons. The van der Waals surface area contributed by atoms with Crippen LogP contribution >= 0.6 is 23.2 Å². The van der Waals surface area contributed by atoms with Gasteiger partial charge in [-0.1, -0.05) is 68.2 Å². The van der Waals surface area contributed by atoms with Crippen molar-refractivity contribution in [1.82, 2.24) is 9.78 Å². The lowest BCUT2D eigenvalue weighted by atomic mass is 9.86. The number of nitriles is 1. The highest BCUT2D eigenvalue weighted by molar-refractivity contribution is 6.37. The van der Waals surface area contributed by atoms with Crippen LogP contribution in [-0.4, -0.2) is 23.0 Å². The van der Waals surface area contributed by atoms with Gasteiger partial charge in [0.2, 0.25) is 0 Å². The Balaban J connectivity index is 2.70. The molecule has 1 heterocycles. The molecule has 0 radical (unpaired) electrons. The highest BCUT2D eigenvalue weighted by Gasteiger charge is 2.26. The molecular formula is C19H19Cl2N3O3. The average Bonchev–Trinajstić information content (AvgIpc) is 2.86. The summed E-state index contributed by atoms with van der Waals surface area (Å²) in [5, 5.41) is 13.9. The van der Waals surface area contributed by atoms with Crippen LogP contribution in [0.5, 0.6) is 0 Å². The summed E-state index contributed by atoms with van der Waals surface area (Å²) < 4.78 is 11.1. The van der Waals surface area contributed by atoms with Crippen molar-refractivity contribution in [2.45, 2.75) is 26.2 Å². The van der Waals surface area contributed by atoms with Crippen molar-refractivity contribution in [2.75, 3.05) is 7.11 Å². The van der Waals surface area contributed by atoms with E-state index in [0.717, 1.165) is 12.7 Å². The van der Waals surface area contributed by atoms with E-state index in [4.69, 9.17) is 27.9 Å². The second kappa shape index (κ2) is 8.03. The van der Waals surface area contributed by atoms with Crippen molar-refractivity contribution in [3.8, 4) is 6.07 Å². The van der Waals surface area contributed by atoms with Crippen LogP contribution in [0.4, 0.5) is 4.79 Å². The van der Waals surface area contributed by atoms with E-state index >= 15 is 0 Å². The van der Waals surface area contributed by atoms with E-state index < -0.39 is 6.16 Å². The summed E-state index contributed by atoms with van der Waals surface area (Å²) in [6, 6.07) is 9.44. The number of benzene rings is 1. The Hall–Kier alpha value is -2.49. The summed E-state index contributed by atoms with van der Waals surface area (Å²) in [6.07, 6.45) is -1.000. The van der Waals surface area contributed by atoms with Gasteiger partial charge in [0.05, 0.1) is 12.7 Å². The molecule has 1 aromatic carbocycles. The van der Waals surface area contributed by atoms with Gasteiger partial charge in [-0.05, 0) is 16.5 Å².